The van der Waals surface area contributed by atoms with Crippen LogP contribution >= 0.6 is 0 Å². The number of hydrogen-bond acceptors (Lipinski definition) is 1. The number of allylic oxidation sites excluding steroid dienone is 1. The lowest BCUT2D eigenvalue weighted by molar-refractivity contribution is 0.418. The van der Waals surface area contributed by atoms with E-state index >= 15 is 0 Å². The van der Waals surface area contributed by atoms with Crippen LogP contribution in [-0.4, -0.2) is 9.55 Å². The maximum Gasteiger partial charge on any atom is 0.266 e. The monoisotopic (exact) mass is 270 g/mol. The number of para-hydroxylation sites is 1. The highest BCUT2D eigenvalue weighted by Gasteiger charge is 2.10. The molecule has 0 N–H and O–H groups in total. The number of aromatic nitrogens is 2. The van der Waals surface area contributed by atoms with E-state index in [9.17, 15) is 8.78 Å². The zero-order chi connectivity index (χ0) is 13.9. The summed E-state index contributed by atoms with van der Waals surface area (Å²) in [5.41, 5.74) is 1.76. The van der Waals surface area contributed by atoms with Crippen molar-refractivity contribution in [3.63, 3.8) is 0 Å². The average Bonchev–Trinajstić information content (AvgIpc) is 2.84. The van der Waals surface area contributed by atoms with Crippen molar-refractivity contribution in [2.75, 3.05) is 0 Å². The first-order valence-electron chi connectivity index (χ1n) is 6.27. The molecular weight excluding hydrogens is 258 g/mol. The molecule has 0 amide bonds. The van der Waals surface area contributed by atoms with Crippen LogP contribution in [0.4, 0.5) is 8.78 Å². The van der Waals surface area contributed by atoms with Gasteiger partial charge in [0.05, 0.1) is 5.52 Å². The lowest BCUT2D eigenvalue weighted by Crippen LogP contribution is -2.01. The van der Waals surface area contributed by atoms with Crippen molar-refractivity contribution in [2.45, 2.75) is 6.42 Å². The Morgan fingerprint density at radius 1 is 1.10 bits per heavy atom. The molecule has 0 fully saturated rings. The van der Waals surface area contributed by atoms with Crippen molar-refractivity contribution in [2.24, 2.45) is 0 Å². The lowest BCUT2D eigenvalue weighted by atomic mass is 10.2. The second-order valence-corrected chi connectivity index (χ2v) is 4.42. The Labute approximate surface area is 115 Å². The smallest absolute Gasteiger partial charge is 0.266 e. The summed E-state index contributed by atoms with van der Waals surface area (Å²) >= 11 is 0. The van der Waals surface area contributed by atoms with E-state index in [1.807, 2.05) is 53.1 Å². The van der Waals surface area contributed by atoms with Crippen molar-refractivity contribution in [3.8, 4) is 5.82 Å². The van der Waals surface area contributed by atoms with Gasteiger partial charge in [0.2, 0.25) is 0 Å². The number of benzene rings is 1. The molecule has 0 atom stereocenters. The minimum atomic E-state index is -1.66. The van der Waals surface area contributed by atoms with E-state index in [2.05, 4.69) is 4.98 Å². The second kappa shape index (κ2) is 5.25. The van der Waals surface area contributed by atoms with E-state index in [4.69, 9.17) is 0 Å². The topological polar surface area (TPSA) is 17.8 Å². The Hall–Kier alpha value is -2.49. The molecule has 0 bridgehead atoms. The summed E-state index contributed by atoms with van der Waals surface area (Å²) < 4.78 is 26.6. The van der Waals surface area contributed by atoms with E-state index < -0.39 is 6.08 Å². The van der Waals surface area contributed by atoms with Crippen molar-refractivity contribution in [3.05, 3.63) is 72.6 Å². The summed E-state index contributed by atoms with van der Waals surface area (Å²) in [6.07, 6.45) is 1.13. The Morgan fingerprint density at radius 3 is 2.65 bits per heavy atom. The molecule has 0 unspecified atom stereocenters. The highest BCUT2D eigenvalue weighted by molar-refractivity contribution is 5.83. The van der Waals surface area contributed by atoms with Gasteiger partial charge in [-0.3, -0.25) is 4.57 Å². The second-order valence-electron chi connectivity index (χ2n) is 4.42. The van der Waals surface area contributed by atoms with Crippen LogP contribution in [0.25, 0.3) is 16.7 Å². The number of halogens is 2. The van der Waals surface area contributed by atoms with Crippen LogP contribution in [0, 0.1) is 0 Å². The van der Waals surface area contributed by atoms with Crippen molar-refractivity contribution in [1.82, 2.24) is 9.55 Å². The highest BCUT2D eigenvalue weighted by atomic mass is 19.3. The molecule has 0 saturated heterocycles. The van der Waals surface area contributed by atoms with Gasteiger partial charge in [0.15, 0.2) is 0 Å². The fourth-order valence-electron chi connectivity index (χ4n) is 2.30. The summed E-state index contributed by atoms with van der Waals surface area (Å²) in [6.45, 7) is 0. The highest BCUT2D eigenvalue weighted by Crippen LogP contribution is 2.24. The molecule has 2 nitrogen and oxygen atoms in total. The fraction of sp³-hybridized carbons (Fsp3) is 0.0625. The van der Waals surface area contributed by atoms with Gasteiger partial charge in [0.1, 0.15) is 5.82 Å². The third-order valence-corrected chi connectivity index (χ3v) is 3.13. The van der Waals surface area contributed by atoms with Gasteiger partial charge in [-0.1, -0.05) is 24.3 Å². The zero-order valence-electron chi connectivity index (χ0n) is 10.6. The third kappa shape index (κ3) is 2.32. The van der Waals surface area contributed by atoms with Crippen molar-refractivity contribution < 1.29 is 8.78 Å². The standard InChI is InChI=1S/C16H12F2N2/c17-15(18)9-8-13-11-12-5-1-2-6-14(12)20(13)16-7-3-4-10-19-16/h1-7,9-11H,8H2. The average molecular weight is 270 g/mol. The van der Waals surface area contributed by atoms with E-state index in [-0.39, 0.29) is 6.42 Å². The van der Waals surface area contributed by atoms with Gasteiger partial charge >= 0.3 is 0 Å². The minimum Gasteiger partial charge on any atom is -0.298 e. The lowest BCUT2D eigenvalue weighted by Gasteiger charge is -2.08. The maximum atomic E-state index is 12.3. The van der Waals surface area contributed by atoms with E-state index in [1.165, 1.54) is 0 Å². The summed E-state index contributed by atoms with van der Waals surface area (Å²) in [4.78, 5) is 4.31. The first-order valence-corrected chi connectivity index (χ1v) is 6.27. The van der Waals surface area contributed by atoms with Gasteiger partial charge in [-0.15, -0.1) is 0 Å². The van der Waals surface area contributed by atoms with Gasteiger partial charge < -0.3 is 0 Å². The number of hydrogen-bond donors (Lipinski definition) is 0. The molecule has 100 valence electrons. The Kier molecular flexibility index (Phi) is 3.29. The molecule has 3 rings (SSSR count). The SMILES string of the molecule is FC(F)=CCc1cc2ccccc2n1-c1ccccn1. The molecule has 20 heavy (non-hydrogen) atoms. The molecule has 1 aromatic carbocycles. The van der Waals surface area contributed by atoms with Gasteiger partial charge in [-0.2, -0.15) is 8.78 Å². The Balaban J connectivity index is 2.21. The molecule has 0 radical (unpaired) electrons. The molecule has 0 saturated carbocycles. The van der Waals surface area contributed by atoms with Crippen molar-refractivity contribution >= 4 is 10.9 Å². The number of pyridine rings is 1. The minimum absolute atomic E-state index is 0.174. The van der Waals surface area contributed by atoms with Crippen LogP contribution in [0.5, 0.6) is 0 Å². The van der Waals surface area contributed by atoms with Crippen LogP contribution in [0.3, 0.4) is 0 Å². The van der Waals surface area contributed by atoms with Crippen LogP contribution < -0.4 is 0 Å². The first kappa shape index (κ1) is 12.5. The largest absolute Gasteiger partial charge is 0.298 e. The molecule has 4 heteroatoms. The van der Waals surface area contributed by atoms with Gasteiger partial charge in [-0.05, 0) is 30.3 Å². The quantitative estimate of drug-likeness (QED) is 0.692. The summed E-state index contributed by atoms with van der Waals surface area (Å²) in [7, 11) is 0. The fourth-order valence-corrected chi connectivity index (χ4v) is 2.30. The van der Waals surface area contributed by atoms with E-state index in [1.54, 1.807) is 6.20 Å². The molecule has 2 aromatic heterocycles. The van der Waals surface area contributed by atoms with Crippen LogP contribution in [0.2, 0.25) is 0 Å². The zero-order valence-corrected chi connectivity index (χ0v) is 10.6. The molecule has 3 aromatic rings. The predicted octanol–water partition coefficient (Wildman–Crippen LogP) is 4.35. The summed E-state index contributed by atoms with van der Waals surface area (Å²) in [5, 5.41) is 1.01. The molecular formula is C16H12F2N2. The van der Waals surface area contributed by atoms with Crippen molar-refractivity contribution in [1.29, 1.82) is 0 Å². The van der Waals surface area contributed by atoms with Crippen LogP contribution in [-0.2, 0) is 6.42 Å². The molecule has 0 aliphatic heterocycles. The number of rotatable bonds is 3. The van der Waals surface area contributed by atoms with Crippen LogP contribution in [0.15, 0.2) is 66.9 Å². The maximum absolute atomic E-state index is 12.3. The van der Waals surface area contributed by atoms with Crippen LogP contribution in [0.1, 0.15) is 5.69 Å². The predicted molar refractivity (Wildman–Crippen MR) is 75.1 cm³/mol. The molecule has 0 aliphatic carbocycles. The Morgan fingerprint density at radius 2 is 1.90 bits per heavy atom. The van der Waals surface area contributed by atoms with Gasteiger partial charge in [0.25, 0.3) is 6.08 Å². The number of fused-ring (bicyclic) bond motifs is 1. The first-order chi connectivity index (χ1) is 9.75. The summed E-state index contributed by atoms with van der Waals surface area (Å²) in [5.74, 6) is 0.733. The van der Waals surface area contributed by atoms with E-state index in [0.29, 0.717) is 0 Å². The molecule has 0 aliphatic rings. The number of nitrogens with zero attached hydrogens (tertiary/aromatic N) is 2. The molecule has 0 spiro atoms. The normalized spacial score (nSPS) is 10.7. The summed E-state index contributed by atoms with van der Waals surface area (Å²) in [6, 6.07) is 15.3. The third-order valence-electron chi connectivity index (χ3n) is 3.13. The van der Waals surface area contributed by atoms with E-state index in [0.717, 1.165) is 28.5 Å². The Bertz CT molecular complexity index is 757. The van der Waals surface area contributed by atoms with Gasteiger partial charge in [0, 0.05) is 23.7 Å². The van der Waals surface area contributed by atoms with Gasteiger partial charge in [-0.25, -0.2) is 4.98 Å². The molecule has 2 heterocycles.